The minimum absolute atomic E-state index is 0.130. The van der Waals surface area contributed by atoms with Gasteiger partial charge in [-0.25, -0.2) is 8.42 Å². The fraction of sp³-hybridized carbons (Fsp3) is 0.857. The fourth-order valence-corrected chi connectivity index (χ4v) is 1.39. The van der Waals surface area contributed by atoms with Crippen LogP contribution in [0.2, 0.25) is 0 Å². The predicted octanol–water partition coefficient (Wildman–Crippen LogP) is -1.12. The van der Waals surface area contributed by atoms with Gasteiger partial charge in [-0.1, -0.05) is 6.92 Å². The van der Waals surface area contributed by atoms with Crippen molar-refractivity contribution < 1.29 is 13.2 Å². The molecule has 0 fully saturated rings. The fourth-order valence-electron chi connectivity index (χ4n) is 0.835. The second-order valence-electron chi connectivity index (χ2n) is 2.98. The van der Waals surface area contributed by atoms with Crippen LogP contribution in [-0.2, 0) is 14.6 Å². The van der Waals surface area contributed by atoms with Crippen LogP contribution in [-0.4, -0.2) is 38.9 Å². The van der Waals surface area contributed by atoms with Crippen LogP contribution < -0.4 is 11.1 Å². The summed E-state index contributed by atoms with van der Waals surface area (Å²) >= 11 is 0. The topological polar surface area (TPSA) is 89.3 Å². The van der Waals surface area contributed by atoms with Crippen molar-refractivity contribution in [3.8, 4) is 0 Å². The smallest absolute Gasteiger partial charge is 0.235 e. The molecule has 0 bridgehead atoms. The summed E-state index contributed by atoms with van der Waals surface area (Å²) in [5.41, 5.74) is 5.33. The van der Waals surface area contributed by atoms with E-state index in [4.69, 9.17) is 5.73 Å². The zero-order valence-corrected chi connectivity index (χ0v) is 8.73. The van der Waals surface area contributed by atoms with E-state index in [0.29, 0.717) is 13.0 Å². The molecule has 0 saturated heterocycles. The van der Waals surface area contributed by atoms with E-state index in [9.17, 15) is 13.2 Å². The molecule has 1 unspecified atom stereocenters. The molecule has 0 aromatic carbocycles. The van der Waals surface area contributed by atoms with E-state index in [0.717, 1.165) is 6.26 Å². The van der Waals surface area contributed by atoms with Crippen molar-refractivity contribution in [2.24, 2.45) is 5.73 Å². The second kappa shape index (κ2) is 5.18. The van der Waals surface area contributed by atoms with Gasteiger partial charge in [0, 0.05) is 18.8 Å². The van der Waals surface area contributed by atoms with Gasteiger partial charge in [0.05, 0.1) is 0 Å². The molecule has 1 atom stereocenters. The molecule has 0 aliphatic carbocycles. The molecular weight excluding hydrogens is 192 g/mol. The molecule has 1 amide bonds. The Hall–Kier alpha value is -0.620. The molecule has 6 heteroatoms. The number of rotatable bonds is 5. The van der Waals surface area contributed by atoms with Gasteiger partial charge in [0.15, 0.2) is 9.84 Å². The lowest BCUT2D eigenvalue weighted by molar-refractivity contribution is -0.119. The van der Waals surface area contributed by atoms with Crippen molar-refractivity contribution in [3.05, 3.63) is 0 Å². The first-order chi connectivity index (χ1) is 5.89. The quantitative estimate of drug-likeness (QED) is 0.599. The summed E-state index contributed by atoms with van der Waals surface area (Å²) in [6.07, 6.45) is 1.72. The summed E-state index contributed by atoms with van der Waals surface area (Å²) < 4.78 is 21.4. The minimum Gasteiger partial charge on any atom is -0.351 e. The molecule has 13 heavy (non-hydrogen) atoms. The molecule has 0 aromatic heterocycles. The second-order valence-corrected chi connectivity index (χ2v) is 5.12. The maximum atomic E-state index is 11.0. The van der Waals surface area contributed by atoms with Crippen LogP contribution in [0.1, 0.15) is 13.3 Å². The van der Waals surface area contributed by atoms with Crippen molar-refractivity contribution in [2.75, 3.05) is 18.6 Å². The Morgan fingerprint density at radius 3 is 2.38 bits per heavy atom. The first-order valence-corrected chi connectivity index (χ1v) is 6.12. The maximum Gasteiger partial charge on any atom is 0.235 e. The Balaban J connectivity index is 4.01. The first kappa shape index (κ1) is 12.4. The predicted molar refractivity (Wildman–Crippen MR) is 51.0 cm³/mol. The molecule has 0 radical (unpaired) electrons. The van der Waals surface area contributed by atoms with Gasteiger partial charge < -0.3 is 11.1 Å². The van der Waals surface area contributed by atoms with Crippen LogP contribution in [0.5, 0.6) is 0 Å². The highest BCUT2D eigenvalue weighted by Gasteiger charge is 2.13. The van der Waals surface area contributed by atoms with Gasteiger partial charge >= 0.3 is 0 Å². The van der Waals surface area contributed by atoms with Crippen LogP contribution in [0, 0.1) is 0 Å². The minimum atomic E-state index is -3.24. The molecule has 0 aliphatic rings. The number of hydrogen-bond acceptors (Lipinski definition) is 4. The number of carbonyl (C=O) groups is 1. The number of nitrogens with one attached hydrogen (secondary N) is 1. The van der Waals surface area contributed by atoms with Crippen molar-refractivity contribution >= 4 is 15.7 Å². The van der Waals surface area contributed by atoms with Crippen LogP contribution in [0.25, 0.3) is 0 Å². The lowest BCUT2D eigenvalue weighted by atomic mass is 10.2. The molecule has 0 heterocycles. The van der Waals surface area contributed by atoms with Crippen molar-refractivity contribution in [2.45, 2.75) is 19.4 Å². The van der Waals surface area contributed by atoms with Gasteiger partial charge in [0.25, 0.3) is 0 Å². The average Bonchev–Trinajstić information content (AvgIpc) is 1.96. The van der Waals surface area contributed by atoms with E-state index in [1.54, 1.807) is 0 Å². The van der Waals surface area contributed by atoms with Crippen LogP contribution in [0.3, 0.4) is 0 Å². The van der Waals surface area contributed by atoms with Gasteiger partial charge in [-0.15, -0.1) is 0 Å². The summed E-state index contributed by atoms with van der Waals surface area (Å²) in [5, 5.41) is 2.53. The Morgan fingerprint density at radius 1 is 1.54 bits per heavy atom. The molecule has 0 spiro atoms. The Morgan fingerprint density at radius 2 is 2.08 bits per heavy atom. The number of hydrogen-bond donors (Lipinski definition) is 2. The number of carbonyl (C=O) groups excluding carboxylic acids is 1. The van der Waals surface area contributed by atoms with E-state index in [-0.39, 0.29) is 6.04 Å². The monoisotopic (exact) mass is 208 g/mol. The van der Waals surface area contributed by atoms with Gasteiger partial charge in [0.2, 0.25) is 5.91 Å². The third-order valence-electron chi connectivity index (χ3n) is 1.54. The van der Waals surface area contributed by atoms with Gasteiger partial charge in [-0.2, -0.15) is 0 Å². The molecule has 3 N–H and O–H groups in total. The number of nitrogens with two attached hydrogens (primary N) is 1. The third kappa shape index (κ3) is 6.53. The molecule has 0 aromatic rings. The zero-order valence-electron chi connectivity index (χ0n) is 7.91. The SMILES string of the molecule is CCC(CN)NC(=O)CS(C)(=O)=O. The highest BCUT2D eigenvalue weighted by Crippen LogP contribution is 1.89. The van der Waals surface area contributed by atoms with E-state index >= 15 is 0 Å². The van der Waals surface area contributed by atoms with E-state index in [2.05, 4.69) is 5.32 Å². The summed E-state index contributed by atoms with van der Waals surface area (Å²) in [6.45, 7) is 2.20. The first-order valence-electron chi connectivity index (χ1n) is 4.06. The highest BCUT2D eigenvalue weighted by molar-refractivity contribution is 7.91. The summed E-state index contributed by atoms with van der Waals surface area (Å²) in [4.78, 5) is 11.0. The van der Waals surface area contributed by atoms with Crippen LogP contribution in [0.4, 0.5) is 0 Å². The van der Waals surface area contributed by atoms with Gasteiger partial charge in [-0.05, 0) is 6.42 Å². The van der Waals surface area contributed by atoms with E-state index in [1.165, 1.54) is 0 Å². The lowest BCUT2D eigenvalue weighted by Crippen LogP contribution is -2.42. The summed E-state index contributed by atoms with van der Waals surface area (Å²) in [5.74, 6) is -0.955. The summed E-state index contributed by atoms with van der Waals surface area (Å²) in [7, 11) is -3.24. The normalized spacial score (nSPS) is 13.8. The maximum absolute atomic E-state index is 11.0. The highest BCUT2D eigenvalue weighted by atomic mass is 32.2. The molecule has 5 nitrogen and oxygen atoms in total. The van der Waals surface area contributed by atoms with Gasteiger partial charge in [-0.3, -0.25) is 4.79 Å². The standard InChI is InChI=1S/C7H16N2O3S/c1-3-6(4-8)9-7(10)5-13(2,11)12/h6H,3-5,8H2,1-2H3,(H,9,10). The lowest BCUT2D eigenvalue weighted by Gasteiger charge is -2.13. The number of sulfone groups is 1. The van der Waals surface area contributed by atoms with Crippen molar-refractivity contribution in [3.63, 3.8) is 0 Å². The van der Waals surface area contributed by atoms with Crippen LogP contribution in [0.15, 0.2) is 0 Å². The molecule has 0 saturated carbocycles. The Kier molecular flexibility index (Phi) is 4.94. The molecule has 0 rings (SSSR count). The van der Waals surface area contributed by atoms with Crippen LogP contribution >= 0.6 is 0 Å². The number of amides is 1. The Bertz CT molecular complexity index is 257. The Labute approximate surface area is 78.6 Å². The summed E-state index contributed by atoms with van der Waals surface area (Å²) in [6, 6.07) is -0.130. The van der Waals surface area contributed by atoms with E-state index < -0.39 is 21.5 Å². The van der Waals surface area contributed by atoms with Gasteiger partial charge in [0.1, 0.15) is 5.75 Å². The van der Waals surface area contributed by atoms with Crippen molar-refractivity contribution in [1.29, 1.82) is 0 Å². The third-order valence-corrected chi connectivity index (χ3v) is 2.32. The molecule has 78 valence electrons. The molecular formula is C7H16N2O3S. The zero-order chi connectivity index (χ0) is 10.5. The average molecular weight is 208 g/mol. The van der Waals surface area contributed by atoms with Crippen molar-refractivity contribution in [1.82, 2.24) is 5.32 Å². The van der Waals surface area contributed by atoms with E-state index in [1.807, 2.05) is 6.92 Å². The largest absolute Gasteiger partial charge is 0.351 e. The molecule has 0 aliphatic heterocycles.